The van der Waals surface area contributed by atoms with E-state index in [9.17, 15) is 9.59 Å². The highest BCUT2D eigenvalue weighted by Crippen LogP contribution is 2.28. The summed E-state index contributed by atoms with van der Waals surface area (Å²) in [6.45, 7) is 1.76. The van der Waals surface area contributed by atoms with Crippen molar-refractivity contribution in [1.82, 2.24) is 0 Å². The van der Waals surface area contributed by atoms with Gasteiger partial charge in [-0.3, -0.25) is 4.79 Å². The van der Waals surface area contributed by atoms with Crippen LogP contribution in [0, 0.1) is 6.92 Å². The molecular formula is C18H17Cl2NO3S. The van der Waals surface area contributed by atoms with Gasteiger partial charge in [-0.2, -0.15) is 0 Å². The van der Waals surface area contributed by atoms with E-state index < -0.39 is 5.97 Å². The maximum atomic E-state index is 12.2. The van der Waals surface area contributed by atoms with E-state index in [-0.39, 0.29) is 11.7 Å². The molecule has 2 aromatic rings. The second kappa shape index (κ2) is 9.13. The van der Waals surface area contributed by atoms with Crippen LogP contribution in [0.4, 0.5) is 5.69 Å². The van der Waals surface area contributed by atoms with Gasteiger partial charge in [-0.05, 0) is 42.3 Å². The Labute approximate surface area is 160 Å². The van der Waals surface area contributed by atoms with E-state index in [1.165, 1.54) is 18.9 Å². The maximum Gasteiger partial charge on any atom is 0.338 e. The maximum absolute atomic E-state index is 12.2. The molecule has 1 amide bonds. The highest BCUT2D eigenvalue weighted by atomic mass is 35.5. The van der Waals surface area contributed by atoms with E-state index in [4.69, 9.17) is 27.9 Å². The number of hydrogen-bond acceptors (Lipinski definition) is 4. The van der Waals surface area contributed by atoms with Crippen molar-refractivity contribution in [2.45, 2.75) is 12.7 Å². The number of halogens is 2. The molecule has 25 heavy (non-hydrogen) atoms. The number of methoxy groups -OCH3 is 1. The Morgan fingerprint density at radius 3 is 2.40 bits per heavy atom. The van der Waals surface area contributed by atoms with Crippen LogP contribution in [0.3, 0.4) is 0 Å². The van der Waals surface area contributed by atoms with Gasteiger partial charge >= 0.3 is 5.97 Å². The molecule has 0 radical (unpaired) electrons. The van der Waals surface area contributed by atoms with Crippen LogP contribution in [0.1, 0.15) is 21.5 Å². The monoisotopic (exact) mass is 397 g/mol. The first-order valence-corrected chi connectivity index (χ1v) is 9.33. The number of hydrogen-bond donors (Lipinski definition) is 1. The van der Waals surface area contributed by atoms with Crippen molar-refractivity contribution >= 4 is 52.5 Å². The van der Waals surface area contributed by atoms with Gasteiger partial charge in [0, 0.05) is 21.5 Å². The Kier molecular flexibility index (Phi) is 7.17. The molecule has 0 aromatic heterocycles. The minimum atomic E-state index is -0.434. The van der Waals surface area contributed by atoms with Gasteiger partial charge in [0.15, 0.2) is 0 Å². The number of ether oxygens (including phenoxy) is 1. The lowest BCUT2D eigenvalue weighted by Gasteiger charge is -2.11. The van der Waals surface area contributed by atoms with Gasteiger partial charge in [0.2, 0.25) is 5.91 Å². The zero-order valence-electron chi connectivity index (χ0n) is 13.8. The molecule has 0 aliphatic rings. The minimum Gasteiger partial charge on any atom is -0.465 e. The third-order valence-corrected chi connectivity index (χ3v) is 5.22. The topological polar surface area (TPSA) is 55.4 Å². The fourth-order valence-electron chi connectivity index (χ4n) is 2.20. The average Bonchev–Trinajstić information content (AvgIpc) is 2.58. The molecule has 2 aromatic carbocycles. The van der Waals surface area contributed by atoms with Crippen LogP contribution < -0.4 is 5.32 Å². The third-order valence-electron chi connectivity index (χ3n) is 3.55. The summed E-state index contributed by atoms with van der Waals surface area (Å²) in [6.07, 6.45) is 0. The Bertz CT molecular complexity index is 776. The standard InChI is InChI=1S/C18H17Cl2NO3S/c1-11-12(18(23)24-2)5-3-8-16(11)21-17(22)10-25-9-13-14(19)6-4-7-15(13)20/h3-8H,9-10H2,1-2H3,(H,21,22). The lowest BCUT2D eigenvalue weighted by molar-refractivity contribution is -0.113. The molecule has 0 aliphatic carbocycles. The molecule has 0 unspecified atom stereocenters. The van der Waals surface area contributed by atoms with Gasteiger partial charge in [0.1, 0.15) is 0 Å². The predicted molar refractivity (Wildman–Crippen MR) is 104 cm³/mol. The highest BCUT2D eigenvalue weighted by Gasteiger charge is 2.14. The highest BCUT2D eigenvalue weighted by molar-refractivity contribution is 7.99. The molecule has 4 nitrogen and oxygen atoms in total. The second-order valence-electron chi connectivity index (χ2n) is 5.21. The molecule has 0 aliphatic heterocycles. The van der Waals surface area contributed by atoms with Crippen LogP contribution in [-0.4, -0.2) is 24.7 Å². The quantitative estimate of drug-likeness (QED) is 0.699. The second-order valence-corrected chi connectivity index (χ2v) is 7.01. The fourth-order valence-corrected chi connectivity index (χ4v) is 3.77. The molecule has 132 valence electrons. The molecule has 0 spiro atoms. The van der Waals surface area contributed by atoms with Gasteiger partial charge in [0.25, 0.3) is 0 Å². The first-order chi connectivity index (χ1) is 11.9. The number of carbonyl (C=O) groups is 2. The zero-order valence-corrected chi connectivity index (χ0v) is 16.1. The van der Waals surface area contributed by atoms with Crippen LogP contribution in [0.25, 0.3) is 0 Å². The van der Waals surface area contributed by atoms with E-state index in [1.54, 1.807) is 43.3 Å². The molecule has 1 N–H and O–H groups in total. The summed E-state index contributed by atoms with van der Waals surface area (Å²) >= 11 is 13.6. The van der Waals surface area contributed by atoms with Gasteiger partial charge in [-0.1, -0.05) is 35.3 Å². The number of benzene rings is 2. The first kappa shape index (κ1) is 19.6. The summed E-state index contributed by atoms with van der Waals surface area (Å²) in [4.78, 5) is 23.9. The molecule has 0 atom stereocenters. The van der Waals surface area contributed by atoms with Gasteiger partial charge in [-0.25, -0.2) is 4.79 Å². The zero-order chi connectivity index (χ0) is 18.4. The predicted octanol–water partition coefficient (Wildman–Crippen LogP) is 4.96. The van der Waals surface area contributed by atoms with Crippen LogP contribution in [-0.2, 0) is 15.3 Å². The van der Waals surface area contributed by atoms with Crippen molar-refractivity contribution in [3.8, 4) is 0 Å². The van der Waals surface area contributed by atoms with E-state index in [1.807, 2.05) is 0 Å². The number of thioether (sulfide) groups is 1. The van der Waals surface area contributed by atoms with Crippen molar-refractivity contribution < 1.29 is 14.3 Å². The molecule has 0 bridgehead atoms. The van der Waals surface area contributed by atoms with Crippen molar-refractivity contribution in [1.29, 1.82) is 0 Å². The fraction of sp³-hybridized carbons (Fsp3) is 0.222. The Balaban J connectivity index is 1.96. The summed E-state index contributed by atoms with van der Waals surface area (Å²) < 4.78 is 4.73. The molecular weight excluding hydrogens is 381 g/mol. The van der Waals surface area contributed by atoms with Crippen molar-refractivity contribution in [3.63, 3.8) is 0 Å². The summed E-state index contributed by atoms with van der Waals surface area (Å²) in [5.74, 6) is 0.172. The SMILES string of the molecule is COC(=O)c1cccc(NC(=O)CSCc2c(Cl)cccc2Cl)c1C. The molecule has 2 rings (SSSR count). The normalized spacial score (nSPS) is 10.4. The summed E-state index contributed by atoms with van der Waals surface area (Å²) in [6, 6.07) is 10.4. The van der Waals surface area contributed by atoms with Gasteiger partial charge < -0.3 is 10.1 Å². The van der Waals surface area contributed by atoms with Crippen LogP contribution >= 0.6 is 35.0 Å². The Morgan fingerprint density at radius 1 is 1.12 bits per heavy atom. The number of rotatable bonds is 6. The smallest absolute Gasteiger partial charge is 0.338 e. The molecule has 0 saturated carbocycles. The van der Waals surface area contributed by atoms with Crippen molar-refractivity contribution in [2.75, 3.05) is 18.2 Å². The number of amides is 1. The molecule has 0 heterocycles. The van der Waals surface area contributed by atoms with E-state index in [0.29, 0.717) is 32.6 Å². The van der Waals surface area contributed by atoms with Crippen LogP contribution in [0.15, 0.2) is 36.4 Å². The lowest BCUT2D eigenvalue weighted by Crippen LogP contribution is -2.16. The van der Waals surface area contributed by atoms with Gasteiger partial charge in [0.05, 0.1) is 18.4 Å². The summed E-state index contributed by atoms with van der Waals surface area (Å²) in [7, 11) is 1.32. The Morgan fingerprint density at radius 2 is 1.76 bits per heavy atom. The Hall–Kier alpha value is -1.69. The summed E-state index contributed by atoms with van der Waals surface area (Å²) in [5.41, 5.74) is 2.49. The molecule has 0 saturated heterocycles. The number of carbonyl (C=O) groups excluding carboxylic acids is 2. The minimum absolute atomic E-state index is 0.168. The lowest BCUT2D eigenvalue weighted by atomic mass is 10.1. The molecule has 0 fully saturated rings. The number of anilines is 1. The van der Waals surface area contributed by atoms with E-state index in [2.05, 4.69) is 5.32 Å². The van der Waals surface area contributed by atoms with Crippen molar-refractivity contribution in [2.24, 2.45) is 0 Å². The van der Waals surface area contributed by atoms with Gasteiger partial charge in [-0.15, -0.1) is 11.8 Å². The number of esters is 1. The first-order valence-electron chi connectivity index (χ1n) is 7.42. The van der Waals surface area contributed by atoms with Crippen LogP contribution in [0.2, 0.25) is 10.0 Å². The number of nitrogens with one attached hydrogen (secondary N) is 1. The van der Waals surface area contributed by atoms with E-state index in [0.717, 1.165) is 5.56 Å². The largest absolute Gasteiger partial charge is 0.465 e. The van der Waals surface area contributed by atoms with Crippen LogP contribution in [0.5, 0.6) is 0 Å². The molecule has 7 heteroatoms. The van der Waals surface area contributed by atoms with Crippen molar-refractivity contribution in [3.05, 3.63) is 63.1 Å². The average molecular weight is 398 g/mol. The summed E-state index contributed by atoms with van der Waals surface area (Å²) in [5, 5.41) is 3.98. The van der Waals surface area contributed by atoms with E-state index >= 15 is 0 Å². The third kappa shape index (κ3) is 5.14.